The summed E-state index contributed by atoms with van der Waals surface area (Å²) in [5, 5.41) is 2.34. The molecule has 0 aromatic carbocycles. The topological polar surface area (TPSA) is 47.6 Å². The van der Waals surface area contributed by atoms with E-state index in [0.29, 0.717) is 13.2 Å². The Hall–Kier alpha value is -0.820. The summed E-state index contributed by atoms with van der Waals surface area (Å²) < 4.78 is 45.7. The van der Waals surface area contributed by atoms with Gasteiger partial charge in [-0.05, 0) is 13.8 Å². The maximum Gasteiger partial charge on any atom is 0.389 e. The van der Waals surface area contributed by atoms with Crippen LogP contribution in [0.15, 0.2) is 0 Å². The summed E-state index contributed by atoms with van der Waals surface area (Å²) in [4.78, 5) is 11.1. The van der Waals surface area contributed by atoms with Gasteiger partial charge < -0.3 is 14.8 Å². The van der Waals surface area contributed by atoms with E-state index in [1.165, 1.54) is 0 Å². The molecule has 0 aliphatic rings. The highest BCUT2D eigenvalue weighted by molar-refractivity contribution is 5.75. The zero-order chi connectivity index (χ0) is 13.3. The van der Waals surface area contributed by atoms with E-state index in [9.17, 15) is 18.0 Å². The number of nitrogens with one attached hydrogen (secondary N) is 1. The smallest absolute Gasteiger partial charge is 0.351 e. The molecule has 0 aromatic rings. The van der Waals surface area contributed by atoms with Crippen LogP contribution in [-0.4, -0.2) is 38.1 Å². The van der Waals surface area contributed by atoms with Gasteiger partial charge in [-0.25, -0.2) is 0 Å². The van der Waals surface area contributed by atoms with Crippen LogP contribution < -0.4 is 5.32 Å². The van der Waals surface area contributed by atoms with Crippen molar-refractivity contribution in [3.8, 4) is 0 Å². The predicted molar refractivity (Wildman–Crippen MR) is 55.3 cm³/mol. The highest BCUT2D eigenvalue weighted by Crippen LogP contribution is 2.20. The number of carbonyl (C=O) groups is 1. The molecule has 0 rings (SSSR count). The van der Waals surface area contributed by atoms with E-state index < -0.39 is 31.2 Å². The van der Waals surface area contributed by atoms with Gasteiger partial charge in [-0.2, -0.15) is 13.2 Å². The first-order valence-corrected chi connectivity index (χ1v) is 5.45. The molecule has 0 bridgehead atoms. The van der Waals surface area contributed by atoms with Crippen LogP contribution in [0.5, 0.6) is 0 Å². The molecular weight excluding hydrogens is 239 g/mol. The number of ether oxygens (including phenoxy) is 2. The summed E-state index contributed by atoms with van der Waals surface area (Å²) in [6.45, 7) is 4.39. The number of rotatable bonds is 8. The molecular formula is C10H18F3NO3. The second-order valence-electron chi connectivity index (χ2n) is 3.26. The lowest BCUT2D eigenvalue weighted by molar-refractivity contribution is -0.148. The maximum atomic E-state index is 11.8. The summed E-state index contributed by atoms with van der Waals surface area (Å²) in [5.41, 5.74) is 0. The van der Waals surface area contributed by atoms with Gasteiger partial charge >= 0.3 is 6.18 Å². The van der Waals surface area contributed by atoms with Crippen LogP contribution >= 0.6 is 0 Å². The highest BCUT2D eigenvalue weighted by Gasteiger charge is 2.27. The molecule has 17 heavy (non-hydrogen) atoms. The molecule has 0 fully saturated rings. The molecule has 1 N–H and O–H groups in total. The average molecular weight is 257 g/mol. The second kappa shape index (κ2) is 8.30. The predicted octanol–water partition coefficient (Wildman–Crippen LogP) is 1.84. The number of hydrogen-bond acceptors (Lipinski definition) is 3. The average Bonchev–Trinajstić information content (AvgIpc) is 2.23. The van der Waals surface area contributed by atoms with Gasteiger partial charge in [0, 0.05) is 19.6 Å². The first-order chi connectivity index (χ1) is 7.89. The summed E-state index contributed by atoms with van der Waals surface area (Å²) in [5.74, 6) is -0.660. The number of alkyl halides is 3. The van der Waals surface area contributed by atoms with E-state index >= 15 is 0 Å². The summed E-state index contributed by atoms with van der Waals surface area (Å²) >= 11 is 0. The highest BCUT2D eigenvalue weighted by atomic mass is 19.4. The first-order valence-electron chi connectivity index (χ1n) is 5.45. The van der Waals surface area contributed by atoms with Crippen LogP contribution in [0.2, 0.25) is 0 Å². The third kappa shape index (κ3) is 10.1. The Labute approximate surface area is 98.5 Å². The van der Waals surface area contributed by atoms with Crippen molar-refractivity contribution in [2.45, 2.75) is 39.2 Å². The molecule has 0 saturated heterocycles. The molecule has 102 valence electrons. The molecule has 0 aromatic heterocycles. The Balaban J connectivity index is 3.79. The second-order valence-corrected chi connectivity index (χ2v) is 3.26. The van der Waals surface area contributed by atoms with Gasteiger partial charge in [0.1, 0.15) is 0 Å². The monoisotopic (exact) mass is 257 g/mol. The van der Waals surface area contributed by atoms with Crippen LogP contribution in [0.1, 0.15) is 26.7 Å². The van der Waals surface area contributed by atoms with Crippen LogP contribution in [-0.2, 0) is 14.3 Å². The van der Waals surface area contributed by atoms with E-state index in [-0.39, 0.29) is 6.54 Å². The number of halogens is 3. The minimum atomic E-state index is -4.31. The largest absolute Gasteiger partial charge is 0.389 e. The molecule has 0 spiro atoms. The molecule has 0 aliphatic carbocycles. The molecule has 0 saturated carbocycles. The SMILES string of the molecule is CCOC(CNC(=O)CCC(F)(F)F)OCC. The van der Waals surface area contributed by atoms with Crippen LogP contribution in [0, 0.1) is 0 Å². The van der Waals surface area contributed by atoms with E-state index in [0.717, 1.165) is 0 Å². The van der Waals surface area contributed by atoms with E-state index in [1.807, 2.05) is 0 Å². The molecule has 0 aliphatic heterocycles. The van der Waals surface area contributed by atoms with Crippen molar-refractivity contribution < 1.29 is 27.4 Å². The van der Waals surface area contributed by atoms with Crippen LogP contribution in [0.3, 0.4) is 0 Å². The van der Waals surface area contributed by atoms with Crippen molar-refractivity contribution in [3.05, 3.63) is 0 Å². The van der Waals surface area contributed by atoms with E-state index in [2.05, 4.69) is 5.32 Å². The van der Waals surface area contributed by atoms with Gasteiger partial charge in [0.25, 0.3) is 0 Å². The molecule has 0 heterocycles. The summed E-state index contributed by atoms with van der Waals surface area (Å²) in [6, 6.07) is 0. The van der Waals surface area contributed by atoms with Crippen LogP contribution in [0.4, 0.5) is 13.2 Å². The zero-order valence-electron chi connectivity index (χ0n) is 9.97. The third-order valence-electron chi connectivity index (χ3n) is 1.81. The fourth-order valence-corrected chi connectivity index (χ4v) is 1.08. The van der Waals surface area contributed by atoms with Crippen molar-refractivity contribution in [3.63, 3.8) is 0 Å². The molecule has 1 amide bonds. The fourth-order valence-electron chi connectivity index (χ4n) is 1.08. The molecule has 4 nitrogen and oxygen atoms in total. The maximum absolute atomic E-state index is 11.8. The lowest BCUT2D eigenvalue weighted by Gasteiger charge is -2.17. The van der Waals surface area contributed by atoms with Gasteiger partial charge in [-0.3, -0.25) is 4.79 Å². The normalized spacial score (nSPS) is 11.9. The van der Waals surface area contributed by atoms with Crippen molar-refractivity contribution in [2.24, 2.45) is 0 Å². The number of amides is 1. The minimum Gasteiger partial charge on any atom is -0.351 e. The molecule has 7 heteroatoms. The van der Waals surface area contributed by atoms with Gasteiger partial charge in [0.15, 0.2) is 6.29 Å². The van der Waals surface area contributed by atoms with Crippen LogP contribution in [0.25, 0.3) is 0 Å². The van der Waals surface area contributed by atoms with Crippen molar-refractivity contribution in [1.29, 1.82) is 0 Å². The fraction of sp³-hybridized carbons (Fsp3) is 0.900. The van der Waals surface area contributed by atoms with Gasteiger partial charge in [-0.1, -0.05) is 0 Å². The Morgan fingerprint density at radius 2 is 1.76 bits per heavy atom. The Morgan fingerprint density at radius 3 is 2.18 bits per heavy atom. The molecule has 0 atom stereocenters. The van der Waals surface area contributed by atoms with Gasteiger partial charge in [0.05, 0.1) is 13.0 Å². The number of hydrogen-bond donors (Lipinski definition) is 1. The first kappa shape index (κ1) is 16.2. The Kier molecular flexibility index (Phi) is 7.90. The quantitative estimate of drug-likeness (QED) is 0.675. The lowest BCUT2D eigenvalue weighted by atomic mass is 10.3. The van der Waals surface area contributed by atoms with Crippen molar-refractivity contribution >= 4 is 5.91 Å². The van der Waals surface area contributed by atoms with Gasteiger partial charge in [0.2, 0.25) is 5.91 Å². The van der Waals surface area contributed by atoms with E-state index in [4.69, 9.17) is 9.47 Å². The zero-order valence-corrected chi connectivity index (χ0v) is 9.97. The van der Waals surface area contributed by atoms with E-state index in [1.54, 1.807) is 13.8 Å². The summed E-state index contributed by atoms with van der Waals surface area (Å²) in [7, 11) is 0. The lowest BCUT2D eigenvalue weighted by Crippen LogP contribution is -2.35. The third-order valence-corrected chi connectivity index (χ3v) is 1.81. The van der Waals surface area contributed by atoms with Gasteiger partial charge in [-0.15, -0.1) is 0 Å². The van der Waals surface area contributed by atoms with Crippen molar-refractivity contribution in [1.82, 2.24) is 5.32 Å². The minimum absolute atomic E-state index is 0.0539. The standard InChI is InChI=1S/C10H18F3NO3/c1-3-16-9(17-4-2)7-14-8(15)5-6-10(11,12)13/h9H,3-7H2,1-2H3,(H,14,15). The van der Waals surface area contributed by atoms with Crippen molar-refractivity contribution in [2.75, 3.05) is 19.8 Å². The molecule has 0 radical (unpaired) electrons. The molecule has 0 unspecified atom stereocenters. The number of carbonyl (C=O) groups excluding carboxylic acids is 1. The summed E-state index contributed by atoms with van der Waals surface area (Å²) in [6.07, 6.45) is -6.61. The Morgan fingerprint density at radius 1 is 1.24 bits per heavy atom. The Bertz CT molecular complexity index is 215.